The van der Waals surface area contributed by atoms with Gasteiger partial charge in [0.25, 0.3) is 5.91 Å². The largest absolute Gasteiger partial charge is 0.278 e. The van der Waals surface area contributed by atoms with Gasteiger partial charge in [0.2, 0.25) is 10.0 Å². The minimum Gasteiger partial charge on any atom is -0.267 e. The van der Waals surface area contributed by atoms with E-state index in [-0.39, 0.29) is 10.8 Å². The molecule has 1 saturated heterocycles. The summed E-state index contributed by atoms with van der Waals surface area (Å²) in [6, 6.07) is 6.96. The predicted molar refractivity (Wildman–Crippen MR) is 103 cm³/mol. The zero-order chi connectivity index (χ0) is 19.1. The number of sulfonamides is 1. The molecule has 1 fully saturated rings. The fourth-order valence-corrected chi connectivity index (χ4v) is 5.52. The molecule has 0 unspecified atom stereocenters. The van der Waals surface area contributed by atoms with E-state index >= 15 is 0 Å². The lowest BCUT2D eigenvalue weighted by Gasteiger charge is -2.29. The normalized spacial score (nSPS) is 16.8. The van der Waals surface area contributed by atoms with E-state index in [4.69, 9.17) is 0 Å². The standard InChI is InChI=1S/C18H22BrN3O3S/c1-12-7-9-21(10-8-12)26(24,25)17-13(2)20-22(14(17)3)18(23)15-5-4-6-16(19)11-15/h4-6,11-12H,7-10H2,1-3H3. The van der Waals surface area contributed by atoms with Gasteiger partial charge in [0.15, 0.2) is 0 Å². The van der Waals surface area contributed by atoms with E-state index in [1.54, 1.807) is 32.0 Å². The van der Waals surface area contributed by atoms with Crippen LogP contribution in [0.3, 0.4) is 0 Å². The van der Waals surface area contributed by atoms with Crippen LogP contribution in [0.25, 0.3) is 0 Å². The van der Waals surface area contributed by atoms with Gasteiger partial charge in [-0.1, -0.05) is 28.9 Å². The molecule has 0 N–H and O–H groups in total. The van der Waals surface area contributed by atoms with E-state index in [2.05, 4.69) is 28.0 Å². The summed E-state index contributed by atoms with van der Waals surface area (Å²) < 4.78 is 29.7. The molecule has 8 heteroatoms. The molecule has 1 aromatic heterocycles. The number of hydrogen-bond acceptors (Lipinski definition) is 4. The third kappa shape index (κ3) is 3.50. The van der Waals surface area contributed by atoms with Gasteiger partial charge in [-0.05, 0) is 50.8 Å². The summed E-state index contributed by atoms with van der Waals surface area (Å²) in [5, 5.41) is 4.24. The Morgan fingerprint density at radius 2 is 1.88 bits per heavy atom. The maximum absolute atomic E-state index is 13.1. The van der Waals surface area contributed by atoms with E-state index < -0.39 is 10.0 Å². The highest BCUT2D eigenvalue weighted by atomic mass is 79.9. The van der Waals surface area contributed by atoms with Crippen molar-refractivity contribution in [3.8, 4) is 0 Å². The minimum absolute atomic E-state index is 0.149. The molecule has 0 aliphatic carbocycles. The number of carbonyl (C=O) groups is 1. The van der Waals surface area contributed by atoms with Crippen LogP contribution in [0.1, 0.15) is 41.5 Å². The quantitative estimate of drug-likeness (QED) is 0.734. The van der Waals surface area contributed by atoms with Crippen LogP contribution < -0.4 is 0 Å². The summed E-state index contributed by atoms with van der Waals surface area (Å²) in [5.74, 6) is 0.185. The van der Waals surface area contributed by atoms with Crippen molar-refractivity contribution in [2.45, 2.75) is 38.5 Å². The zero-order valence-corrected chi connectivity index (χ0v) is 17.5. The second-order valence-corrected chi connectivity index (χ2v) is 9.60. The summed E-state index contributed by atoms with van der Waals surface area (Å²) >= 11 is 3.35. The van der Waals surface area contributed by atoms with Gasteiger partial charge >= 0.3 is 0 Å². The van der Waals surface area contributed by atoms with Crippen molar-refractivity contribution in [2.24, 2.45) is 5.92 Å². The Kier molecular flexibility index (Phi) is 5.37. The van der Waals surface area contributed by atoms with E-state index in [0.29, 0.717) is 36.0 Å². The number of aromatic nitrogens is 2. The molecular weight excluding hydrogens is 418 g/mol. The molecule has 0 saturated carbocycles. The first-order valence-electron chi connectivity index (χ1n) is 8.58. The van der Waals surface area contributed by atoms with Crippen molar-refractivity contribution < 1.29 is 13.2 Å². The molecule has 0 bridgehead atoms. The third-order valence-electron chi connectivity index (χ3n) is 4.83. The number of halogens is 1. The molecule has 1 aliphatic rings. The van der Waals surface area contributed by atoms with Crippen molar-refractivity contribution in [2.75, 3.05) is 13.1 Å². The Morgan fingerprint density at radius 3 is 2.50 bits per heavy atom. The molecule has 6 nitrogen and oxygen atoms in total. The maximum atomic E-state index is 13.1. The molecule has 0 atom stereocenters. The lowest BCUT2D eigenvalue weighted by Crippen LogP contribution is -2.38. The topological polar surface area (TPSA) is 72.3 Å². The molecule has 0 radical (unpaired) electrons. The molecule has 3 rings (SSSR count). The fraction of sp³-hybridized carbons (Fsp3) is 0.444. The van der Waals surface area contributed by atoms with Crippen molar-refractivity contribution in [3.05, 3.63) is 45.7 Å². The van der Waals surface area contributed by atoms with Crippen molar-refractivity contribution in [1.29, 1.82) is 0 Å². The third-order valence-corrected chi connectivity index (χ3v) is 7.47. The van der Waals surface area contributed by atoms with Crippen molar-refractivity contribution in [1.82, 2.24) is 14.1 Å². The first-order valence-corrected chi connectivity index (χ1v) is 10.8. The lowest BCUT2D eigenvalue weighted by molar-refractivity contribution is 0.0942. The highest BCUT2D eigenvalue weighted by Gasteiger charge is 2.34. The SMILES string of the molecule is Cc1nn(C(=O)c2cccc(Br)c2)c(C)c1S(=O)(=O)N1CCC(C)CC1. The van der Waals surface area contributed by atoms with Crippen LogP contribution in [0.15, 0.2) is 33.6 Å². The molecule has 1 aromatic carbocycles. The lowest BCUT2D eigenvalue weighted by atomic mass is 10.0. The Balaban J connectivity index is 1.99. The smallest absolute Gasteiger partial charge is 0.267 e. The van der Waals surface area contributed by atoms with Gasteiger partial charge in [-0.15, -0.1) is 0 Å². The Morgan fingerprint density at radius 1 is 1.23 bits per heavy atom. The van der Waals surface area contributed by atoms with Gasteiger partial charge in [0.05, 0.1) is 11.4 Å². The van der Waals surface area contributed by atoms with Crippen molar-refractivity contribution in [3.63, 3.8) is 0 Å². The van der Waals surface area contributed by atoms with Gasteiger partial charge < -0.3 is 0 Å². The van der Waals surface area contributed by atoms with Gasteiger partial charge in [-0.2, -0.15) is 14.1 Å². The van der Waals surface area contributed by atoms with Gasteiger partial charge in [0, 0.05) is 23.1 Å². The fourth-order valence-electron chi connectivity index (χ4n) is 3.30. The van der Waals surface area contributed by atoms with Crippen LogP contribution >= 0.6 is 15.9 Å². The average molecular weight is 440 g/mol. The van der Waals surface area contributed by atoms with Crippen LogP contribution in [0.5, 0.6) is 0 Å². The second-order valence-electron chi connectivity index (χ2n) is 6.81. The highest BCUT2D eigenvalue weighted by Crippen LogP contribution is 2.28. The van der Waals surface area contributed by atoms with E-state index in [1.165, 1.54) is 8.99 Å². The predicted octanol–water partition coefficient (Wildman–Crippen LogP) is 3.37. The summed E-state index contributed by atoms with van der Waals surface area (Å²) in [6.07, 6.45) is 1.70. The van der Waals surface area contributed by atoms with Crippen LogP contribution in [0.2, 0.25) is 0 Å². The van der Waals surface area contributed by atoms with E-state index in [1.807, 2.05) is 6.07 Å². The average Bonchev–Trinajstić information content (AvgIpc) is 2.89. The van der Waals surface area contributed by atoms with Gasteiger partial charge in [0.1, 0.15) is 4.90 Å². The van der Waals surface area contributed by atoms with Crippen LogP contribution in [0.4, 0.5) is 0 Å². The molecule has 1 aliphatic heterocycles. The van der Waals surface area contributed by atoms with Crippen LogP contribution in [-0.2, 0) is 10.0 Å². The number of hydrogen-bond donors (Lipinski definition) is 0. The molecule has 2 heterocycles. The van der Waals surface area contributed by atoms with E-state index in [9.17, 15) is 13.2 Å². The summed E-state index contributed by atoms with van der Waals surface area (Å²) in [5.41, 5.74) is 1.15. The second kappa shape index (κ2) is 7.25. The Bertz CT molecular complexity index is 945. The number of carbonyl (C=O) groups excluding carboxylic acids is 1. The van der Waals surface area contributed by atoms with Crippen molar-refractivity contribution >= 4 is 31.9 Å². The number of nitrogens with zero attached hydrogens (tertiary/aromatic N) is 3. The monoisotopic (exact) mass is 439 g/mol. The Labute approximate surface area is 162 Å². The molecule has 0 amide bonds. The van der Waals surface area contributed by atoms with Crippen LogP contribution in [0, 0.1) is 19.8 Å². The summed E-state index contributed by atoms with van der Waals surface area (Å²) in [7, 11) is -3.66. The number of rotatable bonds is 3. The zero-order valence-electron chi connectivity index (χ0n) is 15.1. The first kappa shape index (κ1) is 19.3. The molecule has 26 heavy (non-hydrogen) atoms. The van der Waals surface area contributed by atoms with Gasteiger partial charge in [-0.25, -0.2) is 8.42 Å². The summed E-state index contributed by atoms with van der Waals surface area (Å²) in [4.78, 5) is 13.0. The van der Waals surface area contributed by atoms with E-state index in [0.717, 1.165) is 17.3 Å². The maximum Gasteiger partial charge on any atom is 0.278 e. The molecule has 2 aromatic rings. The highest BCUT2D eigenvalue weighted by molar-refractivity contribution is 9.10. The number of piperidine rings is 1. The van der Waals surface area contributed by atoms with Crippen LogP contribution in [-0.4, -0.2) is 41.5 Å². The molecular formula is C18H22BrN3O3S. The molecule has 0 spiro atoms. The number of aryl methyl sites for hydroxylation is 1. The Hall–Kier alpha value is -1.51. The molecule has 140 valence electrons. The number of benzene rings is 1. The van der Waals surface area contributed by atoms with Gasteiger partial charge in [-0.3, -0.25) is 4.79 Å². The minimum atomic E-state index is -3.66. The summed E-state index contributed by atoms with van der Waals surface area (Å²) in [6.45, 7) is 6.42. The first-order chi connectivity index (χ1) is 12.2.